The first-order valence-corrected chi connectivity index (χ1v) is 7.12. The van der Waals surface area contributed by atoms with Crippen LogP contribution in [-0.4, -0.2) is 49.1 Å². The number of aryl methyl sites for hydroxylation is 1. The van der Waals surface area contributed by atoms with Gasteiger partial charge in [-0.25, -0.2) is 27.1 Å². The van der Waals surface area contributed by atoms with Gasteiger partial charge in [0.25, 0.3) is 0 Å². The maximum Gasteiger partial charge on any atom is 0.215 e. The van der Waals surface area contributed by atoms with Crippen LogP contribution in [0.2, 0.25) is 0 Å². The number of rotatable bonds is 6. The van der Waals surface area contributed by atoms with Crippen molar-refractivity contribution in [1.82, 2.24) is 14.3 Å². The molecule has 0 atom stereocenters. The molecule has 0 unspecified atom stereocenters. The largest absolute Gasteiger partial charge is 0.366 e. The Hall–Kier alpha value is -1.28. The van der Waals surface area contributed by atoms with Gasteiger partial charge in [0, 0.05) is 20.6 Å². The van der Waals surface area contributed by atoms with Gasteiger partial charge >= 0.3 is 0 Å². The molecule has 0 bridgehead atoms. The summed E-state index contributed by atoms with van der Waals surface area (Å²) in [6.07, 6.45) is 1.71. The Labute approximate surface area is 106 Å². The zero-order valence-corrected chi connectivity index (χ0v) is 11.5. The van der Waals surface area contributed by atoms with Crippen LogP contribution in [0.15, 0.2) is 6.33 Å². The first kappa shape index (κ1) is 14.8. The van der Waals surface area contributed by atoms with E-state index in [1.807, 2.05) is 0 Å². The van der Waals surface area contributed by atoms with Crippen molar-refractivity contribution in [2.24, 2.45) is 0 Å². The molecule has 0 saturated heterocycles. The van der Waals surface area contributed by atoms with E-state index in [2.05, 4.69) is 15.3 Å². The standard InChI is InChI=1S/C10H17FN4O2S/c1-4-8-9(11)10(14-7-13-8)12-5-6-18(16,17)15(2)3/h7H,4-6H2,1-3H3,(H,12,13,14). The fourth-order valence-electron chi connectivity index (χ4n) is 1.26. The van der Waals surface area contributed by atoms with E-state index in [1.165, 1.54) is 20.4 Å². The highest BCUT2D eigenvalue weighted by Gasteiger charge is 2.14. The lowest BCUT2D eigenvalue weighted by molar-refractivity contribution is 0.521. The van der Waals surface area contributed by atoms with Crippen molar-refractivity contribution in [2.75, 3.05) is 31.7 Å². The van der Waals surface area contributed by atoms with E-state index in [9.17, 15) is 12.8 Å². The van der Waals surface area contributed by atoms with Crippen molar-refractivity contribution in [3.8, 4) is 0 Å². The normalized spacial score (nSPS) is 11.8. The van der Waals surface area contributed by atoms with Crippen molar-refractivity contribution < 1.29 is 12.8 Å². The summed E-state index contributed by atoms with van der Waals surface area (Å²) in [4.78, 5) is 7.54. The Balaban J connectivity index is 2.65. The second-order valence-electron chi connectivity index (χ2n) is 3.86. The van der Waals surface area contributed by atoms with Gasteiger partial charge in [0.2, 0.25) is 10.0 Å². The van der Waals surface area contributed by atoms with Gasteiger partial charge in [-0.1, -0.05) is 6.92 Å². The summed E-state index contributed by atoms with van der Waals surface area (Å²) in [5.41, 5.74) is 0.308. The molecule has 1 aromatic rings. The summed E-state index contributed by atoms with van der Waals surface area (Å²) in [6.45, 7) is 1.88. The minimum absolute atomic E-state index is 0.0378. The van der Waals surface area contributed by atoms with Crippen molar-refractivity contribution in [2.45, 2.75) is 13.3 Å². The molecule has 18 heavy (non-hydrogen) atoms. The van der Waals surface area contributed by atoms with Crippen LogP contribution in [0.1, 0.15) is 12.6 Å². The lowest BCUT2D eigenvalue weighted by Gasteiger charge is -2.12. The average Bonchev–Trinajstić information content (AvgIpc) is 2.31. The van der Waals surface area contributed by atoms with Crippen LogP contribution >= 0.6 is 0 Å². The molecule has 1 aromatic heterocycles. The molecule has 1 N–H and O–H groups in total. The number of hydrogen-bond donors (Lipinski definition) is 1. The number of hydrogen-bond acceptors (Lipinski definition) is 5. The van der Waals surface area contributed by atoms with Crippen LogP contribution in [0.3, 0.4) is 0 Å². The molecule has 0 aliphatic rings. The zero-order valence-electron chi connectivity index (χ0n) is 10.6. The highest BCUT2D eigenvalue weighted by molar-refractivity contribution is 7.89. The minimum Gasteiger partial charge on any atom is -0.366 e. The molecule has 1 rings (SSSR count). The average molecular weight is 276 g/mol. The van der Waals surface area contributed by atoms with Crippen molar-refractivity contribution in [1.29, 1.82) is 0 Å². The highest BCUT2D eigenvalue weighted by Crippen LogP contribution is 2.12. The molecule has 0 aromatic carbocycles. The van der Waals surface area contributed by atoms with Gasteiger partial charge in [-0.2, -0.15) is 0 Å². The molecule has 102 valence electrons. The molecule has 0 spiro atoms. The lowest BCUT2D eigenvalue weighted by atomic mass is 10.3. The number of aromatic nitrogens is 2. The third-order valence-corrected chi connectivity index (χ3v) is 4.24. The van der Waals surface area contributed by atoms with Gasteiger partial charge in [0.15, 0.2) is 11.6 Å². The third-order valence-electron chi connectivity index (χ3n) is 2.41. The van der Waals surface area contributed by atoms with Gasteiger partial charge in [-0.3, -0.25) is 0 Å². The molecule has 0 aliphatic heterocycles. The zero-order chi connectivity index (χ0) is 13.8. The quantitative estimate of drug-likeness (QED) is 0.818. The summed E-state index contributed by atoms with van der Waals surface area (Å²) >= 11 is 0. The first-order chi connectivity index (χ1) is 8.38. The van der Waals surface area contributed by atoms with E-state index in [4.69, 9.17) is 0 Å². The third kappa shape index (κ3) is 3.61. The SMILES string of the molecule is CCc1ncnc(NCCS(=O)(=O)N(C)C)c1F. The number of sulfonamides is 1. The summed E-state index contributed by atoms with van der Waals surface area (Å²) in [6, 6.07) is 0. The molecular formula is C10H17FN4O2S. The number of nitrogens with zero attached hydrogens (tertiary/aromatic N) is 3. The summed E-state index contributed by atoms with van der Waals surface area (Å²) in [7, 11) is -0.384. The summed E-state index contributed by atoms with van der Waals surface area (Å²) in [5.74, 6) is -0.608. The van der Waals surface area contributed by atoms with Crippen molar-refractivity contribution in [3.05, 3.63) is 17.8 Å². The molecule has 0 aliphatic carbocycles. The number of anilines is 1. The van der Waals surface area contributed by atoms with Gasteiger partial charge in [0.1, 0.15) is 6.33 Å². The first-order valence-electron chi connectivity index (χ1n) is 5.52. The van der Waals surface area contributed by atoms with Crippen LogP contribution in [0.4, 0.5) is 10.2 Å². The van der Waals surface area contributed by atoms with E-state index in [-0.39, 0.29) is 18.1 Å². The minimum atomic E-state index is -3.29. The lowest BCUT2D eigenvalue weighted by Crippen LogP contribution is -2.28. The van der Waals surface area contributed by atoms with Crippen LogP contribution in [0, 0.1) is 5.82 Å². The Bertz CT molecular complexity index is 505. The Kier molecular flexibility index (Phi) is 4.97. The van der Waals surface area contributed by atoms with Gasteiger partial charge in [0.05, 0.1) is 11.4 Å². The monoisotopic (exact) mass is 276 g/mol. The van der Waals surface area contributed by atoms with Crippen LogP contribution in [0.5, 0.6) is 0 Å². The molecule has 0 radical (unpaired) electrons. The maximum atomic E-state index is 13.7. The predicted octanol–water partition coefficient (Wildman–Crippen LogP) is 0.481. The second kappa shape index (κ2) is 6.05. The van der Waals surface area contributed by atoms with Crippen LogP contribution in [-0.2, 0) is 16.4 Å². The van der Waals surface area contributed by atoms with Crippen LogP contribution < -0.4 is 5.32 Å². The van der Waals surface area contributed by atoms with E-state index in [0.29, 0.717) is 12.1 Å². The van der Waals surface area contributed by atoms with Crippen molar-refractivity contribution >= 4 is 15.8 Å². The van der Waals surface area contributed by atoms with E-state index in [0.717, 1.165) is 4.31 Å². The molecule has 0 amide bonds. The fourth-order valence-corrected chi connectivity index (χ4v) is 1.98. The molecular weight excluding hydrogens is 259 g/mol. The Morgan fingerprint density at radius 2 is 2.06 bits per heavy atom. The molecule has 1 heterocycles. The van der Waals surface area contributed by atoms with Gasteiger partial charge in [-0.05, 0) is 6.42 Å². The molecule has 0 fully saturated rings. The van der Waals surface area contributed by atoms with Gasteiger partial charge < -0.3 is 5.32 Å². The summed E-state index contributed by atoms with van der Waals surface area (Å²) < 4.78 is 37.8. The molecule has 8 heteroatoms. The van der Waals surface area contributed by atoms with E-state index >= 15 is 0 Å². The van der Waals surface area contributed by atoms with Crippen LogP contribution in [0.25, 0.3) is 0 Å². The fraction of sp³-hybridized carbons (Fsp3) is 0.600. The van der Waals surface area contributed by atoms with Gasteiger partial charge in [-0.15, -0.1) is 0 Å². The maximum absolute atomic E-state index is 13.7. The van der Waals surface area contributed by atoms with E-state index < -0.39 is 15.8 Å². The second-order valence-corrected chi connectivity index (χ2v) is 6.16. The summed E-state index contributed by atoms with van der Waals surface area (Å²) in [5, 5.41) is 2.67. The smallest absolute Gasteiger partial charge is 0.215 e. The Morgan fingerprint density at radius 3 is 2.61 bits per heavy atom. The molecule has 6 nitrogen and oxygen atoms in total. The predicted molar refractivity (Wildman–Crippen MR) is 67.3 cm³/mol. The molecule has 0 saturated carbocycles. The topological polar surface area (TPSA) is 75.2 Å². The highest BCUT2D eigenvalue weighted by atomic mass is 32.2. The number of nitrogens with one attached hydrogen (secondary N) is 1. The Morgan fingerprint density at radius 1 is 1.39 bits per heavy atom. The van der Waals surface area contributed by atoms with E-state index in [1.54, 1.807) is 6.92 Å². The number of halogens is 1. The van der Waals surface area contributed by atoms with Crippen molar-refractivity contribution in [3.63, 3.8) is 0 Å².